The van der Waals surface area contributed by atoms with Gasteiger partial charge >= 0.3 is 6.18 Å². The van der Waals surface area contributed by atoms with Gasteiger partial charge in [0.25, 0.3) is 11.8 Å². The monoisotopic (exact) mass is 373 g/mol. The molecule has 9 heteroatoms. The number of fused-ring (bicyclic) bond motifs is 1. The second-order valence-corrected chi connectivity index (χ2v) is 6.85. The van der Waals surface area contributed by atoms with Crippen LogP contribution in [0.4, 0.5) is 18.9 Å². The summed E-state index contributed by atoms with van der Waals surface area (Å²) in [6.07, 6.45) is -4.76. The smallest absolute Gasteiger partial charge is 0.417 e. The first-order valence-corrected chi connectivity index (χ1v) is 8.15. The van der Waals surface area contributed by atoms with E-state index >= 15 is 0 Å². The summed E-state index contributed by atoms with van der Waals surface area (Å²) in [7, 11) is 0. The van der Waals surface area contributed by atoms with Crippen molar-refractivity contribution >= 4 is 17.5 Å². The first kappa shape index (κ1) is 20.0. The fraction of sp³-hybridized carbons (Fsp3) is 0.529. The van der Waals surface area contributed by atoms with Crippen LogP contribution in [0.5, 0.6) is 5.75 Å². The largest absolute Gasteiger partial charge is 0.476 e. The molecule has 0 spiro atoms. The van der Waals surface area contributed by atoms with Gasteiger partial charge < -0.3 is 20.7 Å². The number of benzene rings is 1. The van der Waals surface area contributed by atoms with Gasteiger partial charge in [0.1, 0.15) is 5.75 Å². The Kier molecular flexibility index (Phi) is 5.23. The molecule has 1 aliphatic heterocycles. The lowest BCUT2D eigenvalue weighted by Gasteiger charge is -2.39. The molecule has 0 aliphatic carbocycles. The van der Waals surface area contributed by atoms with Gasteiger partial charge in [-0.2, -0.15) is 13.2 Å². The molecule has 26 heavy (non-hydrogen) atoms. The number of anilines is 1. The van der Waals surface area contributed by atoms with Crippen LogP contribution in [0.2, 0.25) is 0 Å². The van der Waals surface area contributed by atoms with Crippen molar-refractivity contribution in [1.29, 1.82) is 0 Å². The number of halogens is 3. The van der Waals surface area contributed by atoms with Crippen molar-refractivity contribution in [1.82, 2.24) is 5.32 Å². The first-order valence-electron chi connectivity index (χ1n) is 8.15. The Balaban J connectivity index is 2.68. The summed E-state index contributed by atoms with van der Waals surface area (Å²) in [5.74, 6) is -1.43. The summed E-state index contributed by atoms with van der Waals surface area (Å²) in [4.78, 5) is 26.1. The fourth-order valence-corrected chi connectivity index (χ4v) is 2.73. The van der Waals surface area contributed by atoms with Gasteiger partial charge in [-0.15, -0.1) is 0 Å². The average Bonchev–Trinajstić information content (AvgIpc) is 2.49. The number of nitrogens with two attached hydrogens (primary N) is 1. The van der Waals surface area contributed by atoms with Gasteiger partial charge in [0.2, 0.25) is 0 Å². The van der Waals surface area contributed by atoms with E-state index < -0.39 is 34.7 Å². The zero-order chi connectivity index (χ0) is 19.9. The molecule has 3 N–H and O–H groups in total. The number of alkyl halides is 3. The quantitative estimate of drug-likeness (QED) is 0.848. The maximum Gasteiger partial charge on any atom is 0.417 e. The van der Waals surface area contributed by atoms with Crippen LogP contribution in [0, 0.1) is 0 Å². The van der Waals surface area contributed by atoms with Crippen LogP contribution >= 0.6 is 0 Å². The number of nitrogens with zero attached hydrogens (tertiary/aromatic N) is 1. The van der Waals surface area contributed by atoms with Crippen LogP contribution in [0.1, 0.15) is 43.6 Å². The molecule has 0 saturated heterocycles. The van der Waals surface area contributed by atoms with E-state index in [0.717, 1.165) is 12.1 Å². The normalized spacial score (nSPS) is 16.3. The minimum atomic E-state index is -4.76. The predicted molar refractivity (Wildman–Crippen MR) is 90.2 cm³/mol. The molecule has 2 amide bonds. The Hall–Kier alpha value is -2.29. The van der Waals surface area contributed by atoms with Crippen molar-refractivity contribution in [2.45, 2.75) is 45.5 Å². The van der Waals surface area contributed by atoms with E-state index in [1.807, 2.05) is 0 Å². The van der Waals surface area contributed by atoms with Gasteiger partial charge in [0, 0.05) is 19.1 Å². The molecule has 1 aliphatic rings. The van der Waals surface area contributed by atoms with Crippen molar-refractivity contribution in [3.8, 4) is 5.75 Å². The van der Waals surface area contributed by atoms with Gasteiger partial charge in [0.05, 0.1) is 16.8 Å². The van der Waals surface area contributed by atoms with Crippen molar-refractivity contribution in [2.75, 3.05) is 18.0 Å². The Morgan fingerprint density at radius 1 is 1.35 bits per heavy atom. The fourth-order valence-electron chi connectivity index (χ4n) is 2.73. The summed E-state index contributed by atoms with van der Waals surface area (Å²) >= 11 is 0. The molecule has 2 rings (SSSR count). The summed E-state index contributed by atoms with van der Waals surface area (Å²) in [5, 5.41) is 2.44. The SMILES string of the molecule is CC(C)NC(=O)c1cc2c(cc1C(F)(F)F)OC(C)(C)C(=O)N2CCN. The topological polar surface area (TPSA) is 84.7 Å². The van der Waals surface area contributed by atoms with Crippen LogP contribution in [-0.2, 0) is 11.0 Å². The number of nitrogens with one attached hydrogen (secondary N) is 1. The standard InChI is InChI=1S/C17H22F3N3O3/c1-9(2)22-14(24)10-7-12-13(8-11(10)17(18,19)20)26-16(3,4)15(25)23(12)6-5-21/h7-9H,5-6,21H2,1-4H3,(H,22,24). The second kappa shape index (κ2) is 6.79. The summed E-state index contributed by atoms with van der Waals surface area (Å²) in [5.41, 5.74) is 2.61. The van der Waals surface area contributed by atoms with Crippen molar-refractivity contribution < 1.29 is 27.5 Å². The van der Waals surface area contributed by atoms with Crippen LogP contribution in [-0.4, -0.2) is 36.5 Å². The number of ether oxygens (including phenoxy) is 1. The van der Waals surface area contributed by atoms with Crippen LogP contribution in [0.25, 0.3) is 0 Å². The Bertz CT molecular complexity index is 730. The lowest BCUT2D eigenvalue weighted by atomic mass is 9.99. The number of hydrogen-bond acceptors (Lipinski definition) is 4. The number of amides is 2. The number of carbonyl (C=O) groups is 2. The highest BCUT2D eigenvalue weighted by molar-refractivity contribution is 6.05. The van der Waals surface area contributed by atoms with E-state index in [1.165, 1.54) is 18.7 Å². The minimum absolute atomic E-state index is 0.0925. The molecule has 0 saturated carbocycles. The third kappa shape index (κ3) is 3.77. The van der Waals surface area contributed by atoms with E-state index in [-0.39, 0.29) is 30.6 Å². The highest BCUT2D eigenvalue weighted by atomic mass is 19.4. The van der Waals surface area contributed by atoms with Gasteiger partial charge in [-0.1, -0.05) is 0 Å². The zero-order valence-corrected chi connectivity index (χ0v) is 15.0. The lowest BCUT2D eigenvalue weighted by molar-refractivity contribution is -0.138. The van der Waals surface area contributed by atoms with Gasteiger partial charge in [0.15, 0.2) is 5.60 Å². The van der Waals surface area contributed by atoms with E-state index in [1.54, 1.807) is 13.8 Å². The lowest BCUT2D eigenvalue weighted by Crippen LogP contribution is -2.53. The molecule has 0 aromatic heterocycles. The third-order valence-electron chi connectivity index (χ3n) is 3.84. The molecule has 0 fully saturated rings. The zero-order valence-electron chi connectivity index (χ0n) is 15.0. The molecular weight excluding hydrogens is 351 g/mol. The van der Waals surface area contributed by atoms with Gasteiger partial charge in [-0.05, 0) is 39.8 Å². The van der Waals surface area contributed by atoms with E-state index in [0.29, 0.717) is 0 Å². The van der Waals surface area contributed by atoms with E-state index in [4.69, 9.17) is 10.5 Å². The van der Waals surface area contributed by atoms with Crippen molar-refractivity contribution in [2.24, 2.45) is 5.73 Å². The van der Waals surface area contributed by atoms with Gasteiger partial charge in [-0.3, -0.25) is 9.59 Å². The van der Waals surface area contributed by atoms with Crippen LogP contribution in [0.3, 0.4) is 0 Å². The average molecular weight is 373 g/mol. The number of hydrogen-bond donors (Lipinski definition) is 2. The molecule has 6 nitrogen and oxygen atoms in total. The Morgan fingerprint density at radius 3 is 2.46 bits per heavy atom. The van der Waals surface area contributed by atoms with Crippen molar-refractivity contribution in [3.63, 3.8) is 0 Å². The molecular formula is C17H22F3N3O3. The second-order valence-electron chi connectivity index (χ2n) is 6.85. The highest BCUT2D eigenvalue weighted by Gasteiger charge is 2.44. The molecule has 1 aromatic rings. The molecule has 0 unspecified atom stereocenters. The summed E-state index contributed by atoms with van der Waals surface area (Å²) < 4.78 is 46.0. The maximum atomic E-state index is 13.5. The van der Waals surface area contributed by atoms with Gasteiger partial charge in [-0.25, -0.2) is 0 Å². The first-order chi connectivity index (χ1) is 11.9. The number of rotatable bonds is 4. The van der Waals surface area contributed by atoms with E-state index in [2.05, 4.69) is 5.32 Å². The molecule has 1 heterocycles. The van der Waals surface area contributed by atoms with E-state index in [9.17, 15) is 22.8 Å². The predicted octanol–water partition coefficient (Wildman–Crippen LogP) is 2.31. The molecule has 0 atom stereocenters. The minimum Gasteiger partial charge on any atom is -0.476 e. The molecule has 0 bridgehead atoms. The van der Waals surface area contributed by atoms with Crippen LogP contribution in [0.15, 0.2) is 12.1 Å². The highest BCUT2D eigenvalue weighted by Crippen LogP contribution is 2.43. The summed E-state index contributed by atoms with van der Waals surface area (Å²) in [6, 6.07) is 1.46. The maximum absolute atomic E-state index is 13.5. The Morgan fingerprint density at radius 2 is 1.96 bits per heavy atom. The van der Waals surface area contributed by atoms with Crippen molar-refractivity contribution in [3.05, 3.63) is 23.3 Å². The molecule has 144 valence electrons. The number of carbonyl (C=O) groups excluding carboxylic acids is 2. The molecule has 1 aromatic carbocycles. The Labute approximate surface area is 149 Å². The third-order valence-corrected chi connectivity index (χ3v) is 3.84. The molecule has 0 radical (unpaired) electrons. The van der Waals surface area contributed by atoms with Crippen LogP contribution < -0.4 is 20.7 Å². The summed E-state index contributed by atoms with van der Waals surface area (Å²) in [6.45, 7) is 6.41.